The summed E-state index contributed by atoms with van der Waals surface area (Å²) in [5.41, 5.74) is 9.64. The summed E-state index contributed by atoms with van der Waals surface area (Å²) >= 11 is 0. The molecule has 31 heavy (non-hydrogen) atoms. The summed E-state index contributed by atoms with van der Waals surface area (Å²) in [5, 5.41) is 0. The van der Waals surface area contributed by atoms with Crippen molar-refractivity contribution in [2.45, 2.75) is 40.5 Å². The number of aryl methyl sites for hydroxylation is 5. The molecule has 0 unspecified atom stereocenters. The van der Waals surface area contributed by atoms with Crippen LogP contribution < -0.4 is 4.90 Å². The second-order valence-corrected chi connectivity index (χ2v) is 8.17. The zero-order valence-electron chi connectivity index (χ0n) is 18.9. The van der Waals surface area contributed by atoms with Crippen LogP contribution in [-0.4, -0.2) is 12.6 Å². The number of rotatable bonds is 8. The Morgan fingerprint density at radius 3 is 1.74 bits per heavy atom. The van der Waals surface area contributed by atoms with Gasteiger partial charge in [0.05, 0.1) is 6.61 Å². The maximum atomic E-state index is 11.2. The second kappa shape index (κ2) is 10.1. The number of carbonyl (C=O) groups is 1. The Balaban J connectivity index is 1.89. The van der Waals surface area contributed by atoms with Crippen molar-refractivity contribution in [3.8, 4) is 0 Å². The molecule has 0 aliphatic heterocycles. The SMILES string of the molecule is C=CC(=O)OCCCc1ccc(N(c2cc(C)cc(C)c2)c2cc(C)cc(C)c2)cc1. The largest absolute Gasteiger partial charge is 0.463 e. The van der Waals surface area contributed by atoms with Crippen LogP contribution in [0.4, 0.5) is 17.1 Å². The van der Waals surface area contributed by atoms with E-state index in [-0.39, 0.29) is 5.97 Å². The molecule has 0 aromatic heterocycles. The van der Waals surface area contributed by atoms with Gasteiger partial charge >= 0.3 is 5.97 Å². The molecule has 3 rings (SSSR count). The van der Waals surface area contributed by atoms with Crippen LogP contribution in [0.1, 0.15) is 34.2 Å². The number of esters is 1. The average molecular weight is 414 g/mol. The first kappa shape index (κ1) is 22.4. The van der Waals surface area contributed by atoms with Crippen LogP contribution in [0.5, 0.6) is 0 Å². The van der Waals surface area contributed by atoms with E-state index in [2.05, 4.69) is 99.8 Å². The average Bonchev–Trinajstić information content (AvgIpc) is 2.71. The molecule has 0 saturated heterocycles. The minimum atomic E-state index is -0.368. The summed E-state index contributed by atoms with van der Waals surface area (Å²) in [6.07, 6.45) is 2.85. The normalized spacial score (nSPS) is 10.6. The predicted octanol–water partition coefficient (Wildman–Crippen LogP) is 7.05. The number of nitrogens with zero attached hydrogens (tertiary/aromatic N) is 1. The molecule has 0 bridgehead atoms. The van der Waals surface area contributed by atoms with Gasteiger partial charge in [-0.2, -0.15) is 0 Å². The van der Waals surface area contributed by atoms with Crippen molar-refractivity contribution < 1.29 is 9.53 Å². The van der Waals surface area contributed by atoms with E-state index in [0.29, 0.717) is 6.61 Å². The maximum absolute atomic E-state index is 11.2. The fourth-order valence-electron chi connectivity index (χ4n) is 3.93. The molecule has 0 radical (unpaired) electrons. The Morgan fingerprint density at radius 1 is 0.806 bits per heavy atom. The number of hydrogen-bond donors (Lipinski definition) is 0. The molecule has 0 atom stereocenters. The molecule has 0 fully saturated rings. The van der Waals surface area contributed by atoms with Crippen molar-refractivity contribution in [3.05, 3.63) is 101 Å². The fourth-order valence-corrected chi connectivity index (χ4v) is 3.93. The Labute approximate surface area is 186 Å². The highest BCUT2D eigenvalue weighted by Gasteiger charge is 2.14. The number of benzene rings is 3. The molecule has 160 valence electrons. The van der Waals surface area contributed by atoms with Crippen LogP contribution in [0.15, 0.2) is 73.3 Å². The van der Waals surface area contributed by atoms with Crippen molar-refractivity contribution in [1.82, 2.24) is 0 Å². The molecule has 0 spiro atoms. The number of ether oxygens (including phenoxy) is 1. The Morgan fingerprint density at radius 2 is 1.29 bits per heavy atom. The summed E-state index contributed by atoms with van der Waals surface area (Å²) in [4.78, 5) is 13.5. The second-order valence-electron chi connectivity index (χ2n) is 8.17. The first-order chi connectivity index (χ1) is 14.9. The van der Waals surface area contributed by atoms with Gasteiger partial charge in [0, 0.05) is 23.1 Å². The molecule has 3 aromatic carbocycles. The van der Waals surface area contributed by atoms with Crippen LogP contribution in [0.3, 0.4) is 0 Å². The minimum Gasteiger partial charge on any atom is -0.463 e. The highest BCUT2D eigenvalue weighted by molar-refractivity contribution is 5.81. The van der Waals surface area contributed by atoms with E-state index in [4.69, 9.17) is 4.74 Å². The molecule has 0 aliphatic rings. The molecule has 3 aromatic rings. The zero-order chi connectivity index (χ0) is 22.4. The Hall–Kier alpha value is -3.33. The maximum Gasteiger partial charge on any atom is 0.330 e. The quantitative estimate of drug-likeness (QED) is 0.225. The van der Waals surface area contributed by atoms with Gasteiger partial charge in [0.25, 0.3) is 0 Å². The van der Waals surface area contributed by atoms with Gasteiger partial charge in [-0.3, -0.25) is 0 Å². The highest BCUT2D eigenvalue weighted by Crippen LogP contribution is 2.36. The smallest absolute Gasteiger partial charge is 0.330 e. The molecular formula is C28H31NO2. The summed E-state index contributed by atoms with van der Waals surface area (Å²) < 4.78 is 5.07. The van der Waals surface area contributed by atoms with Gasteiger partial charge in [-0.1, -0.05) is 30.8 Å². The fraction of sp³-hybridized carbons (Fsp3) is 0.250. The molecule has 0 amide bonds. The monoisotopic (exact) mass is 413 g/mol. The van der Waals surface area contributed by atoms with Crippen LogP contribution in [-0.2, 0) is 16.0 Å². The molecule has 0 saturated carbocycles. The lowest BCUT2D eigenvalue weighted by atomic mass is 10.1. The Kier molecular flexibility index (Phi) is 7.30. The Bertz CT molecular complexity index is 975. The van der Waals surface area contributed by atoms with Crippen LogP contribution in [0.2, 0.25) is 0 Å². The van der Waals surface area contributed by atoms with Crippen molar-refractivity contribution in [2.24, 2.45) is 0 Å². The molecular weight excluding hydrogens is 382 g/mol. The lowest BCUT2D eigenvalue weighted by molar-refractivity contribution is -0.137. The number of carbonyl (C=O) groups excluding carboxylic acids is 1. The summed E-state index contributed by atoms with van der Waals surface area (Å²) in [6.45, 7) is 12.4. The predicted molar refractivity (Wildman–Crippen MR) is 130 cm³/mol. The molecule has 0 heterocycles. The van der Waals surface area contributed by atoms with E-state index >= 15 is 0 Å². The van der Waals surface area contributed by atoms with Gasteiger partial charge in [0.1, 0.15) is 0 Å². The van der Waals surface area contributed by atoms with Gasteiger partial charge in [-0.15, -0.1) is 0 Å². The minimum absolute atomic E-state index is 0.368. The lowest BCUT2D eigenvalue weighted by Gasteiger charge is -2.27. The van der Waals surface area contributed by atoms with Gasteiger partial charge in [0.2, 0.25) is 0 Å². The van der Waals surface area contributed by atoms with Gasteiger partial charge < -0.3 is 9.64 Å². The highest BCUT2D eigenvalue weighted by atomic mass is 16.5. The lowest BCUT2D eigenvalue weighted by Crippen LogP contribution is -2.11. The van der Waals surface area contributed by atoms with E-state index in [1.54, 1.807) is 0 Å². The van der Waals surface area contributed by atoms with Crippen LogP contribution in [0, 0.1) is 27.7 Å². The number of hydrogen-bond acceptors (Lipinski definition) is 3. The van der Waals surface area contributed by atoms with Gasteiger partial charge in [-0.05, 0) is 105 Å². The third kappa shape index (κ3) is 6.08. The summed E-state index contributed by atoms with van der Waals surface area (Å²) in [6, 6.07) is 22.0. The van der Waals surface area contributed by atoms with E-state index in [1.165, 1.54) is 33.9 Å². The molecule has 3 heteroatoms. The van der Waals surface area contributed by atoms with Gasteiger partial charge in [-0.25, -0.2) is 4.79 Å². The zero-order valence-corrected chi connectivity index (χ0v) is 18.9. The standard InChI is InChI=1S/C28H31NO2/c1-6-28(30)31-13-7-8-24-9-11-25(12-10-24)29(26-16-20(2)14-21(3)17-26)27-18-22(4)15-23(5)19-27/h6,9-12,14-19H,1,7-8,13H2,2-5H3. The molecule has 0 aliphatic carbocycles. The van der Waals surface area contributed by atoms with Crippen molar-refractivity contribution in [3.63, 3.8) is 0 Å². The molecule has 3 nitrogen and oxygen atoms in total. The van der Waals surface area contributed by atoms with Gasteiger partial charge in [0.15, 0.2) is 0 Å². The summed E-state index contributed by atoms with van der Waals surface area (Å²) in [5.74, 6) is -0.368. The van der Waals surface area contributed by atoms with Crippen LogP contribution >= 0.6 is 0 Å². The first-order valence-electron chi connectivity index (χ1n) is 10.7. The van der Waals surface area contributed by atoms with Crippen LogP contribution in [0.25, 0.3) is 0 Å². The third-order valence-corrected chi connectivity index (χ3v) is 5.14. The van der Waals surface area contributed by atoms with E-state index in [0.717, 1.165) is 29.9 Å². The summed E-state index contributed by atoms with van der Waals surface area (Å²) in [7, 11) is 0. The van der Waals surface area contributed by atoms with E-state index < -0.39 is 0 Å². The van der Waals surface area contributed by atoms with E-state index in [9.17, 15) is 4.79 Å². The van der Waals surface area contributed by atoms with Crippen molar-refractivity contribution in [2.75, 3.05) is 11.5 Å². The van der Waals surface area contributed by atoms with E-state index in [1.807, 2.05) is 0 Å². The topological polar surface area (TPSA) is 29.5 Å². The van der Waals surface area contributed by atoms with Crippen molar-refractivity contribution >= 4 is 23.0 Å². The van der Waals surface area contributed by atoms with Crippen molar-refractivity contribution in [1.29, 1.82) is 0 Å². The number of anilines is 3. The third-order valence-electron chi connectivity index (χ3n) is 5.14. The first-order valence-corrected chi connectivity index (χ1v) is 10.7. The molecule has 0 N–H and O–H groups in total.